The van der Waals surface area contributed by atoms with E-state index in [0.29, 0.717) is 11.5 Å². The number of nitrogens with one attached hydrogen (secondary N) is 1. The van der Waals surface area contributed by atoms with Gasteiger partial charge in [0.25, 0.3) is 5.91 Å². The summed E-state index contributed by atoms with van der Waals surface area (Å²) in [6.45, 7) is 1.80. The third kappa shape index (κ3) is 4.02. The van der Waals surface area contributed by atoms with Gasteiger partial charge in [0.2, 0.25) is 5.82 Å². The normalized spacial score (nSPS) is 11.9. The lowest BCUT2D eigenvalue weighted by Gasteiger charge is -2.13. The Morgan fingerprint density at radius 1 is 1.17 bits per heavy atom. The Balaban J connectivity index is 1.67. The van der Waals surface area contributed by atoms with E-state index in [0.717, 1.165) is 10.4 Å². The Bertz CT molecular complexity index is 1160. The van der Waals surface area contributed by atoms with Gasteiger partial charge in [-0.3, -0.25) is 4.79 Å². The van der Waals surface area contributed by atoms with Gasteiger partial charge in [-0.05, 0) is 54.3 Å². The third-order valence-corrected chi connectivity index (χ3v) is 5.19. The molecule has 4 aromatic rings. The molecule has 0 aliphatic rings. The number of rotatable bonds is 5. The molecule has 2 N–H and O–H groups in total. The van der Waals surface area contributed by atoms with Crippen molar-refractivity contribution in [3.63, 3.8) is 0 Å². The first kappa shape index (κ1) is 18.8. The molecule has 146 valence electrons. The Kier molecular flexibility index (Phi) is 5.09. The van der Waals surface area contributed by atoms with E-state index in [4.69, 9.17) is 0 Å². The quantitative estimate of drug-likeness (QED) is 0.515. The van der Waals surface area contributed by atoms with Gasteiger partial charge in [0.05, 0.1) is 16.6 Å². The monoisotopic (exact) mass is 408 g/mol. The van der Waals surface area contributed by atoms with Gasteiger partial charge in [-0.2, -0.15) is 0 Å². The van der Waals surface area contributed by atoms with Crippen LogP contribution in [0.1, 0.15) is 29.1 Å². The number of carbonyl (C=O) groups is 1. The number of amides is 1. The predicted molar refractivity (Wildman–Crippen MR) is 109 cm³/mol. The van der Waals surface area contributed by atoms with Crippen molar-refractivity contribution in [3.8, 4) is 22.1 Å². The molecule has 0 saturated carbocycles. The second kappa shape index (κ2) is 7.84. The number of aromatic hydroxyl groups is 1. The van der Waals surface area contributed by atoms with E-state index in [9.17, 15) is 14.3 Å². The van der Waals surface area contributed by atoms with E-state index in [2.05, 4.69) is 15.4 Å². The van der Waals surface area contributed by atoms with Gasteiger partial charge in [0.15, 0.2) is 5.82 Å². The molecule has 4 rings (SSSR count). The van der Waals surface area contributed by atoms with Crippen LogP contribution in [0.4, 0.5) is 4.39 Å². The fourth-order valence-corrected chi connectivity index (χ4v) is 3.60. The number of phenolic OH excluding ortho intramolecular Hbond substituents is 1. The molecule has 8 heteroatoms. The van der Waals surface area contributed by atoms with Crippen LogP contribution in [0.25, 0.3) is 16.4 Å². The van der Waals surface area contributed by atoms with Crippen LogP contribution in [0.15, 0.2) is 66.0 Å². The van der Waals surface area contributed by atoms with Crippen LogP contribution < -0.4 is 5.32 Å². The number of halogens is 1. The summed E-state index contributed by atoms with van der Waals surface area (Å²) < 4.78 is 15.2. The van der Waals surface area contributed by atoms with Crippen molar-refractivity contribution in [1.29, 1.82) is 0 Å². The molecule has 0 aliphatic heterocycles. The summed E-state index contributed by atoms with van der Waals surface area (Å²) in [4.78, 5) is 18.0. The van der Waals surface area contributed by atoms with Gasteiger partial charge >= 0.3 is 0 Å². The zero-order valence-corrected chi connectivity index (χ0v) is 16.2. The maximum absolute atomic E-state index is 13.7. The highest BCUT2D eigenvalue weighted by Crippen LogP contribution is 2.26. The molecule has 2 heterocycles. The van der Waals surface area contributed by atoms with Gasteiger partial charge in [-0.25, -0.2) is 14.1 Å². The van der Waals surface area contributed by atoms with Crippen LogP contribution in [0.3, 0.4) is 0 Å². The summed E-state index contributed by atoms with van der Waals surface area (Å²) in [7, 11) is 0. The van der Waals surface area contributed by atoms with Crippen LogP contribution in [0.5, 0.6) is 5.75 Å². The lowest BCUT2D eigenvalue weighted by Crippen LogP contribution is -2.27. The number of phenols is 1. The van der Waals surface area contributed by atoms with E-state index in [-0.39, 0.29) is 17.6 Å². The Morgan fingerprint density at radius 2 is 2.00 bits per heavy atom. The van der Waals surface area contributed by atoms with E-state index in [1.807, 2.05) is 17.5 Å². The van der Waals surface area contributed by atoms with Gasteiger partial charge in [-0.1, -0.05) is 24.3 Å². The SMILES string of the molecule is CC(NC(=O)c1nc(-c2cccs2)n(-c2cccc(F)c2)n1)c1cccc(O)c1. The lowest BCUT2D eigenvalue weighted by atomic mass is 10.1. The molecule has 6 nitrogen and oxygen atoms in total. The number of hydrogen-bond donors (Lipinski definition) is 2. The molecule has 0 fully saturated rings. The second-order valence-corrected chi connectivity index (χ2v) is 7.37. The average Bonchev–Trinajstić information content (AvgIpc) is 3.37. The molecule has 29 heavy (non-hydrogen) atoms. The van der Waals surface area contributed by atoms with E-state index in [1.54, 1.807) is 43.3 Å². The zero-order chi connectivity index (χ0) is 20.4. The molecule has 1 atom stereocenters. The standard InChI is InChI=1S/C21H17FN4O2S/c1-13(14-5-2-8-17(27)11-14)23-21(28)19-24-20(18-9-4-10-29-18)26(25-19)16-7-3-6-15(22)12-16/h2-13,27H,1H3,(H,23,28). The molecule has 0 bridgehead atoms. The summed E-state index contributed by atoms with van der Waals surface area (Å²) in [6, 6.07) is 16.0. The largest absolute Gasteiger partial charge is 0.508 e. The molecule has 1 amide bonds. The van der Waals surface area contributed by atoms with Crippen LogP contribution in [0, 0.1) is 5.82 Å². The van der Waals surface area contributed by atoms with E-state index < -0.39 is 11.7 Å². The molecule has 1 unspecified atom stereocenters. The van der Waals surface area contributed by atoms with Crippen molar-refractivity contribution >= 4 is 17.2 Å². The third-order valence-electron chi connectivity index (χ3n) is 4.32. The topological polar surface area (TPSA) is 80.0 Å². The average molecular weight is 408 g/mol. The summed E-state index contributed by atoms with van der Waals surface area (Å²) in [5.74, 6) is -0.310. The predicted octanol–water partition coefficient (Wildman–Crippen LogP) is 4.33. The van der Waals surface area contributed by atoms with Crippen molar-refractivity contribution in [3.05, 3.63) is 83.2 Å². The highest BCUT2D eigenvalue weighted by Gasteiger charge is 2.21. The zero-order valence-electron chi connectivity index (χ0n) is 15.4. The number of thiophene rings is 1. The number of hydrogen-bond acceptors (Lipinski definition) is 5. The highest BCUT2D eigenvalue weighted by atomic mass is 32.1. The van der Waals surface area contributed by atoms with Crippen molar-refractivity contribution in [1.82, 2.24) is 20.1 Å². The molecule has 0 radical (unpaired) electrons. The van der Waals surface area contributed by atoms with E-state index >= 15 is 0 Å². The summed E-state index contributed by atoms with van der Waals surface area (Å²) in [5.41, 5.74) is 1.22. The van der Waals surface area contributed by atoms with Crippen molar-refractivity contribution in [2.24, 2.45) is 0 Å². The Morgan fingerprint density at radius 3 is 2.72 bits per heavy atom. The first-order valence-corrected chi connectivity index (χ1v) is 9.76. The van der Waals surface area contributed by atoms with Crippen LogP contribution in [0.2, 0.25) is 0 Å². The smallest absolute Gasteiger partial charge is 0.291 e. The molecule has 0 saturated heterocycles. The van der Waals surface area contributed by atoms with Gasteiger partial charge < -0.3 is 10.4 Å². The first-order chi connectivity index (χ1) is 14.0. The van der Waals surface area contributed by atoms with E-state index in [1.165, 1.54) is 28.2 Å². The Labute approximate surface area is 170 Å². The molecular formula is C21H17FN4O2S. The summed E-state index contributed by atoms with van der Waals surface area (Å²) in [6.07, 6.45) is 0. The van der Waals surface area contributed by atoms with Crippen LogP contribution in [-0.4, -0.2) is 25.8 Å². The number of benzene rings is 2. The first-order valence-electron chi connectivity index (χ1n) is 8.88. The molecule has 0 spiro atoms. The number of nitrogens with zero attached hydrogens (tertiary/aromatic N) is 3. The van der Waals surface area contributed by atoms with Crippen LogP contribution >= 0.6 is 11.3 Å². The second-order valence-electron chi connectivity index (χ2n) is 6.42. The minimum atomic E-state index is -0.464. The summed E-state index contributed by atoms with van der Waals surface area (Å²) >= 11 is 1.45. The van der Waals surface area contributed by atoms with Crippen LogP contribution in [-0.2, 0) is 0 Å². The number of aromatic nitrogens is 3. The van der Waals surface area contributed by atoms with Gasteiger partial charge in [0.1, 0.15) is 11.6 Å². The minimum absolute atomic E-state index is 0.0235. The minimum Gasteiger partial charge on any atom is -0.508 e. The van der Waals surface area contributed by atoms with Crippen molar-refractivity contribution in [2.75, 3.05) is 0 Å². The molecule has 0 aliphatic carbocycles. The fraction of sp³-hybridized carbons (Fsp3) is 0.0952. The summed E-state index contributed by atoms with van der Waals surface area (Å²) in [5, 5.41) is 18.7. The maximum atomic E-state index is 13.7. The number of carbonyl (C=O) groups excluding carboxylic acids is 1. The van der Waals surface area contributed by atoms with Gasteiger partial charge in [-0.15, -0.1) is 16.4 Å². The molecule has 2 aromatic heterocycles. The Hall–Kier alpha value is -3.52. The van der Waals surface area contributed by atoms with Crippen molar-refractivity contribution < 1.29 is 14.3 Å². The molecule has 2 aromatic carbocycles. The maximum Gasteiger partial charge on any atom is 0.291 e. The highest BCUT2D eigenvalue weighted by molar-refractivity contribution is 7.13. The fourth-order valence-electron chi connectivity index (χ4n) is 2.90. The molecular weight excluding hydrogens is 391 g/mol. The van der Waals surface area contributed by atoms with Crippen molar-refractivity contribution in [2.45, 2.75) is 13.0 Å². The van der Waals surface area contributed by atoms with Gasteiger partial charge in [0, 0.05) is 0 Å². The lowest BCUT2D eigenvalue weighted by molar-refractivity contribution is 0.0929.